The number of carbonyl (C=O) groups excluding carboxylic acids is 7. The fraction of sp³-hybridized carbons (Fsp3) is 0.548. The summed E-state index contributed by atoms with van der Waals surface area (Å²) in [7, 11) is 1.18. The minimum absolute atomic E-state index is 0.0312. The van der Waals surface area contributed by atoms with E-state index in [2.05, 4.69) is 57.2 Å². The van der Waals surface area contributed by atoms with Crippen molar-refractivity contribution in [1.82, 2.24) is 31.2 Å². The Labute approximate surface area is 350 Å². The summed E-state index contributed by atoms with van der Waals surface area (Å²) in [6, 6.07) is 11.6. The molecule has 2 aromatic carbocycles. The molecule has 6 amide bonds. The molecule has 0 bridgehead atoms. The van der Waals surface area contributed by atoms with Crippen molar-refractivity contribution in [2.45, 2.75) is 108 Å². The lowest BCUT2D eigenvalue weighted by molar-refractivity contribution is -0.217. The number of unbranched alkanes of at least 4 members (excludes halogenated alkanes) is 3. The number of β-lactam (4-membered cyclic amide) rings is 1. The van der Waals surface area contributed by atoms with E-state index in [4.69, 9.17) is 22.0 Å². The quantitative estimate of drug-likeness (QED) is 0.0327. The van der Waals surface area contributed by atoms with Crippen LogP contribution in [0.4, 0.5) is 0 Å². The van der Waals surface area contributed by atoms with Crippen molar-refractivity contribution in [3.63, 3.8) is 0 Å². The number of carbonyl (C=O) groups is 7. The van der Waals surface area contributed by atoms with Gasteiger partial charge in [-0.05, 0) is 106 Å². The van der Waals surface area contributed by atoms with E-state index in [-0.39, 0.29) is 19.5 Å². The summed E-state index contributed by atoms with van der Waals surface area (Å²) in [5.74, 6) is -4.34. The van der Waals surface area contributed by atoms with Gasteiger partial charge in [-0.3, -0.25) is 33.6 Å². The maximum Gasteiger partial charge on any atom is 0.334 e. The lowest BCUT2D eigenvalue weighted by atomic mass is 10.0. The number of benzene rings is 2. The van der Waals surface area contributed by atoms with Crippen LogP contribution in [0, 0.1) is 0 Å². The zero-order chi connectivity index (χ0) is 43.6. The van der Waals surface area contributed by atoms with Crippen LogP contribution in [0.3, 0.4) is 0 Å². The predicted octanol–water partition coefficient (Wildman–Crippen LogP) is 0.361. The molecule has 4 rings (SSSR count). The molecule has 2 fully saturated rings. The van der Waals surface area contributed by atoms with Crippen LogP contribution >= 0.6 is 0 Å². The standard InChI is InChI=1S/C42H61N9O9/c1-3-4-10-27-14-16-28(17-15-27)29-18-20-30(21-19-29)37(53)47-32(12-6-8-23-44)41(57)50-24-9-13-34(50)39(55)49-36(45)40(56)46-31(11-5-7-22-43)38(54)48-33-25-51(42(33)58)60-26-35(52)59-2/h14-21,31-34,36H,3-13,22-26,43-45H2,1-2H3,(H,46,56)(H,47,53)(H,48,54)(H,49,55)/t31-,32-,33+,34-,36+/m0/s1. The van der Waals surface area contributed by atoms with Gasteiger partial charge in [0, 0.05) is 12.1 Å². The average Bonchev–Trinajstić information content (AvgIpc) is 3.76. The van der Waals surface area contributed by atoms with Crippen LogP contribution in [0.2, 0.25) is 0 Å². The Morgan fingerprint density at radius 2 is 1.45 bits per heavy atom. The van der Waals surface area contributed by atoms with Gasteiger partial charge in [-0.25, -0.2) is 9.86 Å². The highest BCUT2D eigenvalue weighted by Gasteiger charge is 2.41. The summed E-state index contributed by atoms with van der Waals surface area (Å²) < 4.78 is 4.48. The summed E-state index contributed by atoms with van der Waals surface area (Å²) >= 11 is 0. The second-order valence-corrected chi connectivity index (χ2v) is 15.0. The van der Waals surface area contributed by atoms with Gasteiger partial charge in [-0.1, -0.05) is 49.7 Å². The van der Waals surface area contributed by atoms with Crippen molar-refractivity contribution in [2.24, 2.45) is 17.2 Å². The van der Waals surface area contributed by atoms with Gasteiger partial charge in [0.1, 0.15) is 24.2 Å². The van der Waals surface area contributed by atoms with Crippen molar-refractivity contribution in [2.75, 3.05) is 39.9 Å². The zero-order valence-electron chi connectivity index (χ0n) is 34.6. The molecule has 0 aromatic heterocycles. The minimum Gasteiger partial charge on any atom is -0.467 e. The number of hydroxylamine groups is 2. The number of rotatable bonds is 24. The number of nitrogens with one attached hydrogen (secondary N) is 4. The Hall–Kier alpha value is -5.43. The molecule has 2 heterocycles. The smallest absolute Gasteiger partial charge is 0.334 e. The molecular formula is C42H61N9O9. The fourth-order valence-electron chi connectivity index (χ4n) is 6.97. The van der Waals surface area contributed by atoms with Crippen molar-refractivity contribution >= 4 is 41.4 Å². The van der Waals surface area contributed by atoms with Crippen molar-refractivity contribution in [3.05, 3.63) is 59.7 Å². The number of nitrogens with two attached hydrogens (primary N) is 3. The molecule has 2 aliphatic heterocycles. The zero-order valence-corrected chi connectivity index (χ0v) is 34.6. The first-order chi connectivity index (χ1) is 28.9. The lowest BCUT2D eigenvalue weighted by Gasteiger charge is -2.37. The second-order valence-electron chi connectivity index (χ2n) is 15.0. The van der Waals surface area contributed by atoms with Gasteiger partial charge in [-0.2, -0.15) is 0 Å². The fourth-order valence-corrected chi connectivity index (χ4v) is 6.97. The second kappa shape index (κ2) is 24.0. The summed E-state index contributed by atoms with van der Waals surface area (Å²) in [4.78, 5) is 97.8. The van der Waals surface area contributed by atoms with Gasteiger partial charge < -0.3 is 48.1 Å². The largest absolute Gasteiger partial charge is 0.467 e. The monoisotopic (exact) mass is 835 g/mol. The molecule has 0 aliphatic carbocycles. The van der Waals surface area contributed by atoms with Crippen LogP contribution in [0.25, 0.3) is 11.1 Å². The first kappa shape index (κ1) is 47.3. The van der Waals surface area contributed by atoms with E-state index in [0.29, 0.717) is 63.6 Å². The number of likely N-dealkylation sites (tertiary alicyclic amines) is 1. The summed E-state index contributed by atoms with van der Waals surface area (Å²) in [6.45, 7) is 2.66. The third kappa shape index (κ3) is 13.6. The molecule has 2 saturated heterocycles. The van der Waals surface area contributed by atoms with Crippen molar-refractivity contribution < 1.29 is 43.1 Å². The van der Waals surface area contributed by atoms with Crippen LogP contribution in [0.15, 0.2) is 48.5 Å². The van der Waals surface area contributed by atoms with Gasteiger partial charge in [-0.15, -0.1) is 0 Å². The molecule has 5 atom stereocenters. The number of aryl methyl sites for hydroxylation is 1. The maximum atomic E-state index is 14.0. The van der Waals surface area contributed by atoms with Crippen molar-refractivity contribution in [3.8, 4) is 11.1 Å². The Morgan fingerprint density at radius 1 is 0.817 bits per heavy atom. The topological polar surface area (TPSA) is 271 Å². The van der Waals surface area contributed by atoms with Gasteiger partial charge in [0.2, 0.25) is 17.7 Å². The summed E-state index contributed by atoms with van der Waals surface area (Å²) in [5, 5.41) is 11.4. The summed E-state index contributed by atoms with van der Waals surface area (Å²) in [6.07, 6.45) is 5.18. The molecule has 0 unspecified atom stereocenters. The minimum atomic E-state index is -1.59. The number of hydrogen-bond donors (Lipinski definition) is 7. The first-order valence-corrected chi connectivity index (χ1v) is 20.8. The Kier molecular flexibility index (Phi) is 18.9. The number of methoxy groups -OCH3 is 1. The number of ether oxygens (including phenoxy) is 1. The van der Waals surface area contributed by atoms with E-state index in [1.54, 1.807) is 12.1 Å². The van der Waals surface area contributed by atoms with Gasteiger partial charge in [0.15, 0.2) is 12.8 Å². The third-order valence-corrected chi connectivity index (χ3v) is 10.6. The average molecular weight is 836 g/mol. The predicted molar refractivity (Wildman–Crippen MR) is 222 cm³/mol. The van der Waals surface area contributed by atoms with Crippen LogP contribution in [0.1, 0.15) is 87.1 Å². The van der Waals surface area contributed by atoms with Crippen LogP contribution in [0.5, 0.6) is 0 Å². The van der Waals surface area contributed by atoms with E-state index < -0.39 is 78.4 Å². The first-order valence-electron chi connectivity index (χ1n) is 20.8. The van der Waals surface area contributed by atoms with Crippen molar-refractivity contribution in [1.29, 1.82) is 0 Å². The number of esters is 1. The van der Waals surface area contributed by atoms with E-state index in [1.807, 2.05) is 12.1 Å². The SMILES string of the molecule is CCCCc1ccc(-c2ccc(C(=O)N[C@@H](CCCCN)C(=O)N3CCC[C@H]3C(=O)N[C@@H](N)C(=O)N[C@@H](CCCCN)C(=O)N[C@@H]3CN(OCC(=O)OC)C3=O)cc2)cc1. The normalized spacial score (nSPS) is 17.5. The molecule has 60 heavy (non-hydrogen) atoms. The van der Waals surface area contributed by atoms with Crippen LogP contribution in [-0.4, -0.2) is 122 Å². The van der Waals surface area contributed by atoms with Gasteiger partial charge in [0.05, 0.1) is 13.7 Å². The molecule has 18 heteroatoms. The Morgan fingerprint density at radius 3 is 2.05 bits per heavy atom. The highest BCUT2D eigenvalue weighted by atomic mass is 16.7. The third-order valence-electron chi connectivity index (χ3n) is 10.6. The van der Waals surface area contributed by atoms with E-state index in [1.165, 1.54) is 17.6 Å². The van der Waals surface area contributed by atoms with E-state index in [9.17, 15) is 33.6 Å². The van der Waals surface area contributed by atoms with Crippen LogP contribution in [-0.2, 0) is 44.8 Å². The van der Waals surface area contributed by atoms with Gasteiger partial charge >= 0.3 is 5.97 Å². The Bertz CT molecular complexity index is 1780. The molecule has 0 spiro atoms. The van der Waals surface area contributed by atoms with E-state index in [0.717, 1.165) is 35.5 Å². The number of hydrogen-bond acceptors (Lipinski definition) is 12. The molecule has 10 N–H and O–H groups in total. The maximum absolute atomic E-state index is 14.0. The molecule has 2 aromatic rings. The summed E-state index contributed by atoms with van der Waals surface area (Å²) in [5.41, 5.74) is 21.1. The number of nitrogens with zero attached hydrogens (tertiary/aromatic N) is 2. The van der Waals surface area contributed by atoms with Gasteiger partial charge in [0.25, 0.3) is 17.7 Å². The lowest BCUT2D eigenvalue weighted by Crippen LogP contribution is -2.66. The molecule has 0 saturated carbocycles. The molecular weight excluding hydrogens is 775 g/mol. The molecule has 328 valence electrons. The Balaban J connectivity index is 1.35. The number of amides is 6. The molecule has 0 radical (unpaired) electrons. The highest BCUT2D eigenvalue weighted by Crippen LogP contribution is 2.23. The highest BCUT2D eigenvalue weighted by molar-refractivity contribution is 5.99. The molecule has 2 aliphatic rings. The van der Waals surface area contributed by atoms with E-state index >= 15 is 0 Å². The molecule has 18 nitrogen and oxygen atoms in total. The van der Waals surface area contributed by atoms with Crippen LogP contribution < -0.4 is 38.5 Å².